The second-order valence-electron chi connectivity index (χ2n) is 21.3. The molecule has 0 aliphatic carbocycles. The fraction of sp³-hybridized carbons (Fsp3) is 0.500. The SMILES string of the molecule is COc1cc2c(cc1OCCCCCC(=O)N1C/C=C(/OCc3ccc(NC(=O)C(CCCNC(N)=O)NC(=O)[C@@H](NC(=O)CCCCCN4C(=O)C=CC4=O)C(C)C)cc3)c3ccccc3CCC1)N(C)C(O)C1CCCN1C2=O. The molecule has 4 atom stereocenters. The van der Waals surface area contributed by atoms with Crippen molar-refractivity contribution in [2.45, 2.75) is 135 Å². The van der Waals surface area contributed by atoms with Crippen molar-refractivity contribution in [2.24, 2.45) is 11.7 Å². The largest absolute Gasteiger partial charge is 0.493 e. The Labute approximate surface area is 473 Å². The number of aliphatic hydroxyl groups is 1. The molecule has 81 heavy (non-hydrogen) atoms. The number of likely N-dealkylation sites (N-methyl/N-ethyl adjacent to an activating group) is 1. The van der Waals surface area contributed by atoms with Crippen LogP contribution in [0.2, 0.25) is 0 Å². The number of aliphatic hydroxyl groups excluding tert-OH is 1. The molecule has 3 aromatic carbocycles. The van der Waals surface area contributed by atoms with E-state index in [-0.39, 0.29) is 74.0 Å². The molecule has 0 spiro atoms. The molecule has 0 saturated carbocycles. The average Bonchev–Trinajstić information content (AvgIpc) is 4.16. The van der Waals surface area contributed by atoms with E-state index in [2.05, 4.69) is 27.3 Å². The molecule has 4 aliphatic heterocycles. The Morgan fingerprint density at radius 2 is 1.54 bits per heavy atom. The van der Waals surface area contributed by atoms with Gasteiger partial charge in [-0.05, 0) is 112 Å². The molecular formula is C60H79N9O12. The van der Waals surface area contributed by atoms with Crippen LogP contribution in [-0.4, -0.2) is 145 Å². The topological polar surface area (TPSA) is 272 Å². The Bertz CT molecular complexity index is 2780. The fourth-order valence-electron chi connectivity index (χ4n) is 10.6. The summed E-state index contributed by atoms with van der Waals surface area (Å²) in [6.07, 6.45) is 11.4. The molecule has 1 fully saturated rings. The lowest BCUT2D eigenvalue weighted by Crippen LogP contribution is -2.54. The summed E-state index contributed by atoms with van der Waals surface area (Å²) in [7, 11) is 3.32. The number of ether oxygens (including phenoxy) is 3. The zero-order chi connectivity index (χ0) is 58.0. The van der Waals surface area contributed by atoms with Gasteiger partial charge in [0, 0.05) is 82.1 Å². The molecule has 7 N–H and O–H groups in total. The summed E-state index contributed by atoms with van der Waals surface area (Å²) in [5.41, 5.74) is 9.67. The number of nitrogens with zero attached hydrogens (tertiary/aromatic N) is 4. The number of amides is 9. The molecule has 436 valence electrons. The van der Waals surface area contributed by atoms with Crippen molar-refractivity contribution in [3.05, 3.63) is 101 Å². The van der Waals surface area contributed by atoms with Crippen LogP contribution in [0.15, 0.2) is 78.9 Å². The number of nitrogens with two attached hydrogens (primary N) is 1. The Morgan fingerprint density at radius 3 is 2.28 bits per heavy atom. The van der Waals surface area contributed by atoms with Gasteiger partial charge in [0.05, 0.1) is 31.0 Å². The van der Waals surface area contributed by atoms with E-state index in [0.717, 1.165) is 53.7 Å². The second-order valence-corrected chi connectivity index (χ2v) is 21.3. The maximum Gasteiger partial charge on any atom is 0.312 e. The van der Waals surface area contributed by atoms with Gasteiger partial charge >= 0.3 is 6.03 Å². The monoisotopic (exact) mass is 1120 g/mol. The number of urea groups is 1. The highest BCUT2D eigenvalue weighted by Gasteiger charge is 2.41. The maximum absolute atomic E-state index is 13.8. The summed E-state index contributed by atoms with van der Waals surface area (Å²) in [6.45, 7) is 6.14. The van der Waals surface area contributed by atoms with Crippen molar-refractivity contribution in [3.63, 3.8) is 0 Å². The fourth-order valence-corrected chi connectivity index (χ4v) is 10.6. The number of primary amides is 1. The number of hydrogen-bond acceptors (Lipinski definition) is 13. The number of anilines is 2. The summed E-state index contributed by atoms with van der Waals surface area (Å²) >= 11 is 0. The minimum Gasteiger partial charge on any atom is -0.493 e. The molecule has 0 aromatic heterocycles. The molecule has 3 aromatic rings. The van der Waals surface area contributed by atoms with E-state index in [1.54, 1.807) is 55.0 Å². The van der Waals surface area contributed by atoms with Gasteiger partial charge in [0.1, 0.15) is 30.7 Å². The van der Waals surface area contributed by atoms with Gasteiger partial charge in [0.25, 0.3) is 17.7 Å². The highest BCUT2D eigenvalue weighted by atomic mass is 16.5. The number of unbranched alkanes of at least 4 members (excludes halogenated alkanes) is 4. The third kappa shape index (κ3) is 16.6. The summed E-state index contributed by atoms with van der Waals surface area (Å²) in [5.74, 6) is -0.910. The summed E-state index contributed by atoms with van der Waals surface area (Å²) in [4.78, 5) is 109. The van der Waals surface area contributed by atoms with Crippen molar-refractivity contribution in [3.8, 4) is 11.5 Å². The molecule has 21 heteroatoms. The molecule has 4 aliphatic rings. The third-order valence-electron chi connectivity index (χ3n) is 15.2. The summed E-state index contributed by atoms with van der Waals surface area (Å²) in [5, 5.41) is 22.1. The first-order chi connectivity index (χ1) is 39.0. The number of carbonyl (C=O) groups is 8. The Kier molecular flexibility index (Phi) is 22.1. The van der Waals surface area contributed by atoms with Crippen LogP contribution >= 0.6 is 0 Å². The number of rotatable bonds is 27. The first-order valence-corrected chi connectivity index (χ1v) is 28.3. The lowest BCUT2D eigenvalue weighted by atomic mass is 10.0. The first kappa shape index (κ1) is 60.7. The van der Waals surface area contributed by atoms with E-state index in [1.807, 2.05) is 41.3 Å². The number of imide groups is 1. The van der Waals surface area contributed by atoms with Crippen molar-refractivity contribution >= 4 is 64.5 Å². The highest BCUT2D eigenvalue weighted by Crippen LogP contribution is 2.40. The molecule has 21 nitrogen and oxygen atoms in total. The van der Waals surface area contributed by atoms with Crippen LogP contribution < -0.4 is 41.4 Å². The molecule has 9 amide bonds. The van der Waals surface area contributed by atoms with Crippen LogP contribution in [0, 0.1) is 5.92 Å². The molecule has 0 bridgehead atoms. The van der Waals surface area contributed by atoms with E-state index in [1.165, 1.54) is 19.3 Å². The van der Waals surface area contributed by atoms with Crippen molar-refractivity contribution in [1.82, 2.24) is 30.7 Å². The van der Waals surface area contributed by atoms with Crippen LogP contribution in [-0.2, 0) is 46.5 Å². The number of nitrogens with one attached hydrogen (secondary N) is 4. The predicted molar refractivity (Wildman–Crippen MR) is 304 cm³/mol. The van der Waals surface area contributed by atoms with Gasteiger partial charge in [0.2, 0.25) is 23.6 Å². The van der Waals surface area contributed by atoms with E-state index in [4.69, 9.17) is 19.9 Å². The lowest BCUT2D eigenvalue weighted by Gasteiger charge is -2.31. The maximum atomic E-state index is 13.8. The zero-order valence-electron chi connectivity index (χ0n) is 47.0. The highest BCUT2D eigenvalue weighted by molar-refractivity contribution is 6.12. The van der Waals surface area contributed by atoms with Crippen LogP contribution in [0.3, 0.4) is 0 Å². The molecule has 4 heterocycles. The number of fused-ring (bicyclic) bond motifs is 3. The quantitative estimate of drug-likeness (QED) is 0.0405. The number of benzene rings is 3. The molecule has 3 unspecified atom stereocenters. The van der Waals surface area contributed by atoms with E-state index in [0.29, 0.717) is 105 Å². The van der Waals surface area contributed by atoms with Gasteiger partial charge in [-0.1, -0.05) is 56.7 Å². The number of aryl methyl sites for hydroxylation is 1. The molecular weight excluding hydrogens is 1040 g/mol. The minimum absolute atomic E-state index is 0.0521. The smallest absolute Gasteiger partial charge is 0.312 e. The Morgan fingerprint density at radius 1 is 0.802 bits per heavy atom. The van der Waals surface area contributed by atoms with Crippen LogP contribution in [0.5, 0.6) is 11.5 Å². The second kappa shape index (κ2) is 29.5. The summed E-state index contributed by atoms with van der Waals surface area (Å²) in [6, 6.07) is 15.7. The average molecular weight is 1120 g/mol. The minimum atomic E-state index is -1.03. The molecule has 7 rings (SSSR count). The summed E-state index contributed by atoms with van der Waals surface area (Å²) < 4.78 is 18.3. The molecule has 0 radical (unpaired) electrons. The normalized spacial score (nSPS) is 18.2. The van der Waals surface area contributed by atoms with Gasteiger partial charge in [-0.3, -0.25) is 38.5 Å². The standard InChI is InChI=1S/C60H79N9O12/c1-39(2)55(65-51(70)21-7-5-11-32-69-53(72)27-28-54(69)73)57(75)64-45(19-13-30-62-60(61)78)56(74)63-42-25-23-40(24-26-42)38-81-48-29-34-67(31-14-17-41-16-9-10-18-43(41)48)52(71)22-8-6-12-35-80-50-37-47-44(36-49(50)79-4)58(76)68-33-15-20-46(68)59(77)66(47)3/h9-10,16,18,23-29,36-37,39,45-46,55,59,77H,5-8,11-15,17,19-22,30-35,38H2,1-4H3,(H,63,74)(H,64,75)(H,65,70)(H3,61,62,78)/b48-29+/t45?,46?,55-,59?/m0/s1. The molecule has 1 saturated heterocycles. The van der Waals surface area contributed by atoms with Crippen LogP contribution in [0.1, 0.15) is 124 Å². The van der Waals surface area contributed by atoms with E-state index < -0.39 is 36.2 Å². The van der Waals surface area contributed by atoms with Gasteiger partial charge in [0.15, 0.2) is 11.5 Å². The number of hydrogen-bond donors (Lipinski definition) is 6. The van der Waals surface area contributed by atoms with Crippen molar-refractivity contribution in [1.29, 1.82) is 0 Å². The van der Waals surface area contributed by atoms with Crippen LogP contribution in [0.4, 0.5) is 16.2 Å². The third-order valence-corrected chi connectivity index (χ3v) is 15.2. The predicted octanol–water partition coefficient (Wildman–Crippen LogP) is 5.54. The van der Waals surface area contributed by atoms with E-state index in [9.17, 15) is 43.5 Å². The van der Waals surface area contributed by atoms with Crippen molar-refractivity contribution in [2.75, 3.05) is 63.7 Å². The number of carbonyl (C=O) groups excluding carboxylic acids is 8. The van der Waals surface area contributed by atoms with Crippen molar-refractivity contribution < 1.29 is 57.7 Å². The lowest BCUT2D eigenvalue weighted by molar-refractivity contribution is -0.137. The zero-order valence-corrected chi connectivity index (χ0v) is 47.0. The Balaban J connectivity index is 0.891. The van der Waals surface area contributed by atoms with Gasteiger partial charge in [-0.25, -0.2) is 4.79 Å². The van der Waals surface area contributed by atoms with Gasteiger partial charge in [-0.15, -0.1) is 0 Å². The Hall–Kier alpha value is -7.94. The van der Waals surface area contributed by atoms with Gasteiger partial charge in [-0.2, -0.15) is 0 Å². The van der Waals surface area contributed by atoms with Gasteiger partial charge < -0.3 is 61.0 Å². The van der Waals surface area contributed by atoms with E-state index >= 15 is 0 Å². The first-order valence-electron chi connectivity index (χ1n) is 28.3. The van der Waals surface area contributed by atoms with Crippen LogP contribution in [0.25, 0.3) is 5.76 Å². The number of methoxy groups -OCH3 is 1.